The number of ketones is 1. The lowest BCUT2D eigenvalue weighted by atomic mass is 10.1. The van der Waals surface area contributed by atoms with Crippen molar-refractivity contribution in [3.63, 3.8) is 0 Å². The van der Waals surface area contributed by atoms with Crippen LogP contribution >= 0.6 is 0 Å². The Morgan fingerprint density at radius 3 is 2.17 bits per heavy atom. The summed E-state index contributed by atoms with van der Waals surface area (Å²) in [4.78, 5) is 23.7. The van der Waals surface area contributed by atoms with Crippen LogP contribution in [0.5, 0.6) is 0 Å². The lowest BCUT2D eigenvalue weighted by molar-refractivity contribution is 0.104. The predicted molar refractivity (Wildman–Crippen MR) is 90.2 cm³/mol. The quantitative estimate of drug-likeness (QED) is 0.536. The van der Waals surface area contributed by atoms with Gasteiger partial charge in [0.2, 0.25) is 0 Å². The van der Waals surface area contributed by atoms with Crippen LogP contribution in [0.2, 0.25) is 0 Å². The van der Waals surface area contributed by atoms with Crippen LogP contribution in [0.4, 0.5) is 0 Å². The van der Waals surface area contributed by atoms with Crippen molar-refractivity contribution < 1.29 is 9.21 Å². The Balaban J connectivity index is 1.96. The molecule has 0 N–H and O–H groups in total. The molecule has 0 amide bonds. The number of hydrogen-bond acceptors (Lipinski definition) is 3. The van der Waals surface area contributed by atoms with Crippen molar-refractivity contribution in [2.75, 3.05) is 0 Å². The molecule has 3 heteroatoms. The Morgan fingerprint density at radius 1 is 0.826 bits per heavy atom. The molecule has 1 heterocycles. The molecule has 0 aliphatic heterocycles. The van der Waals surface area contributed by atoms with Gasteiger partial charge in [-0.1, -0.05) is 60.7 Å². The van der Waals surface area contributed by atoms with Crippen molar-refractivity contribution in [1.82, 2.24) is 0 Å². The number of rotatable bonds is 4. The molecule has 23 heavy (non-hydrogen) atoms. The fourth-order valence-corrected chi connectivity index (χ4v) is 2.24. The van der Waals surface area contributed by atoms with E-state index in [-0.39, 0.29) is 5.78 Å². The Bertz CT molecular complexity index is 891. The summed E-state index contributed by atoms with van der Waals surface area (Å²) in [6, 6.07) is 21.3. The summed E-state index contributed by atoms with van der Waals surface area (Å²) in [5.41, 5.74) is 1.66. The number of allylic oxidation sites excluding steroid dienone is 1. The highest BCUT2D eigenvalue weighted by atomic mass is 16.4. The molecule has 3 aromatic rings. The van der Waals surface area contributed by atoms with E-state index in [9.17, 15) is 9.59 Å². The van der Waals surface area contributed by atoms with Gasteiger partial charge in [-0.2, -0.15) is 0 Å². The van der Waals surface area contributed by atoms with Gasteiger partial charge in [-0.3, -0.25) is 4.79 Å². The van der Waals surface area contributed by atoms with E-state index in [1.165, 1.54) is 12.1 Å². The van der Waals surface area contributed by atoms with Gasteiger partial charge in [0.1, 0.15) is 5.76 Å². The average molecular weight is 302 g/mol. The summed E-state index contributed by atoms with van der Waals surface area (Å²) < 4.78 is 5.31. The Labute approximate surface area is 133 Å². The predicted octanol–water partition coefficient (Wildman–Crippen LogP) is 4.20. The maximum atomic E-state index is 12.2. The van der Waals surface area contributed by atoms with Gasteiger partial charge in [-0.05, 0) is 18.2 Å². The van der Waals surface area contributed by atoms with E-state index in [0.29, 0.717) is 16.9 Å². The van der Waals surface area contributed by atoms with Crippen molar-refractivity contribution in [1.29, 1.82) is 0 Å². The number of carbonyl (C=O) groups excluding carboxylic acids is 1. The highest BCUT2D eigenvalue weighted by molar-refractivity contribution is 6.07. The van der Waals surface area contributed by atoms with E-state index in [2.05, 4.69) is 0 Å². The van der Waals surface area contributed by atoms with E-state index in [1.807, 2.05) is 48.5 Å². The van der Waals surface area contributed by atoms with Gasteiger partial charge in [0.25, 0.3) is 0 Å². The molecular formula is C20H14O3. The highest BCUT2D eigenvalue weighted by Gasteiger charge is 2.07. The number of hydrogen-bond donors (Lipinski definition) is 0. The molecule has 0 fully saturated rings. The van der Waals surface area contributed by atoms with Gasteiger partial charge in [0.05, 0.1) is 0 Å². The van der Waals surface area contributed by atoms with E-state index in [1.54, 1.807) is 24.3 Å². The minimum Gasteiger partial charge on any atom is -0.422 e. The van der Waals surface area contributed by atoms with Gasteiger partial charge in [-0.15, -0.1) is 0 Å². The monoisotopic (exact) mass is 302 g/mol. The summed E-state index contributed by atoms with van der Waals surface area (Å²) >= 11 is 0. The first-order chi connectivity index (χ1) is 11.2. The molecule has 112 valence electrons. The Hall–Kier alpha value is -3.20. The summed E-state index contributed by atoms with van der Waals surface area (Å²) in [7, 11) is 0. The zero-order valence-electron chi connectivity index (χ0n) is 12.3. The van der Waals surface area contributed by atoms with Crippen LogP contribution in [0.1, 0.15) is 15.9 Å². The molecule has 0 saturated carbocycles. The third kappa shape index (κ3) is 3.52. The van der Waals surface area contributed by atoms with Crippen LogP contribution in [0.3, 0.4) is 0 Å². The molecule has 0 bridgehead atoms. The summed E-state index contributed by atoms with van der Waals surface area (Å²) in [6.07, 6.45) is 3.15. The molecule has 0 unspecified atom stereocenters. The van der Waals surface area contributed by atoms with Crippen molar-refractivity contribution >= 4 is 11.9 Å². The third-order valence-electron chi connectivity index (χ3n) is 3.37. The maximum absolute atomic E-state index is 12.2. The van der Waals surface area contributed by atoms with Gasteiger partial charge in [0, 0.05) is 22.8 Å². The molecule has 0 saturated heterocycles. The number of carbonyl (C=O) groups is 1. The fraction of sp³-hybridized carbons (Fsp3) is 0. The second kappa shape index (κ2) is 6.71. The molecule has 0 radical (unpaired) electrons. The summed E-state index contributed by atoms with van der Waals surface area (Å²) in [5.74, 6) is 0.353. The third-order valence-corrected chi connectivity index (χ3v) is 3.37. The fourth-order valence-electron chi connectivity index (χ4n) is 2.24. The summed E-state index contributed by atoms with van der Waals surface area (Å²) in [6.45, 7) is 0. The zero-order valence-corrected chi connectivity index (χ0v) is 12.3. The van der Waals surface area contributed by atoms with Crippen LogP contribution in [-0.4, -0.2) is 5.78 Å². The van der Waals surface area contributed by atoms with Crippen molar-refractivity contribution in [3.8, 4) is 11.3 Å². The van der Waals surface area contributed by atoms with E-state index in [4.69, 9.17) is 4.42 Å². The SMILES string of the molecule is O=C(C=Cc1ccc(=O)oc1-c1ccccc1)c1ccccc1. The van der Waals surface area contributed by atoms with E-state index < -0.39 is 5.63 Å². The van der Waals surface area contributed by atoms with Crippen LogP contribution < -0.4 is 5.63 Å². The normalized spacial score (nSPS) is 10.8. The summed E-state index contributed by atoms with van der Waals surface area (Å²) in [5, 5.41) is 0. The molecule has 0 atom stereocenters. The molecule has 2 aromatic carbocycles. The average Bonchev–Trinajstić information content (AvgIpc) is 2.62. The number of benzene rings is 2. The first kappa shape index (κ1) is 14.7. The molecule has 1 aromatic heterocycles. The molecule has 3 nitrogen and oxygen atoms in total. The molecule has 0 spiro atoms. The first-order valence-corrected chi connectivity index (χ1v) is 7.21. The van der Waals surface area contributed by atoms with Gasteiger partial charge >= 0.3 is 5.63 Å². The lowest BCUT2D eigenvalue weighted by Crippen LogP contribution is -1.99. The second-order valence-electron chi connectivity index (χ2n) is 4.97. The van der Waals surface area contributed by atoms with Gasteiger partial charge in [-0.25, -0.2) is 4.79 Å². The van der Waals surface area contributed by atoms with Gasteiger partial charge in [0.15, 0.2) is 5.78 Å². The Kier molecular flexibility index (Phi) is 4.29. The van der Waals surface area contributed by atoms with Crippen LogP contribution in [-0.2, 0) is 0 Å². The van der Waals surface area contributed by atoms with Crippen molar-refractivity contribution in [2.45, 2.75) is 0 Å². The highest BCUT2D eigenvalue weighted by Crippen LogP contribution is 2.23. The minimum atomic E-state index is -0.421. The molecular weight excluding hydrogens is 288 g/mol. The minimum absolute atomic E-state index is 0.101. The van der Waals surface area contributed by atoms with Crippen LogP contribution in [0.15, 0.2) is 88.1 Å². The first-order valence-electron chi connectivity index (χ1n) is 7.21. The topological polar surface area (TPSA) is 47.3 Å². The smallest absolute Gasteiger partial charge is 0.336 e. The van der Waals surface area contributed by atoms with Crippen LogP contribution in [0, 0.1) is 0 Å². The van der Waals surface area contributed by atoms with E-state index >= 15 is 0 Å². The molecule has 0 aliphatic rings. The molecule has 3 rings (SSSR count). The van der Waals surface area contributed by atoms with Gasteiger partial charge < -0.3 is 4.42 Å². The maximum Gasteiger partial charge on any atom is 0.336 e. The Morgan fingerprint density at radius 2 is 1.48 bits per heavy atom. The lowest BCUT2D eigenvalue weighted by Gasteiger charge is -2.03. The standard InChI is InChI=1S/C20H14O3/c21-18(15-7-3-1-4-8-15)13-11-17-12-14-19(22)23-20(17)16-9-5-2-6-10-16/h1-14H. The largest absolute Gasteiger partial charge is 0.422 e. The van der Waals surface area contributed by atoms with Crippen molar-refractivity contribution in [2.24, 2.45) is 0 Å². The van der Waals surface area contributed by atoms with E-state index in [0.717, 1.165) is 5.56 Å². The second-order valence-corrected chi connectivity index (χ2v) is 4.97. The zero-order chi connectivity index (χ0) is 16.1. The van der Waals surface area contributed by atoms with Crippen LogP contribution in [0.25, 0.3) is 17.4 Å². The molecule has 0 aliphatic carbocycles. The van der Waals surface area contributed by atoms with Crippen molar-refractivity contribution in [3.05, 3.63) is 100 Å².